The molecule has 6 rings (SSSR count). The Morgan fingerprint density at radius 2 is 1.87 bits per heavy atom. The average Bonchev–Trinajstić information content (AvgIpc) is 3.53. The molecule has 3 heterocycles. The minimum absolute atomic E-state index is 0.0234. The number of carbonyl (C=O) groups is 2. The second-order valence-electron chi connectivity index (χ2n) is 9.72. The first-order valence-electron chi connectivity index (χ1n) is 12.1. The standard InChI is InChI=1S/C29H22Cl2N2O4S/c1-13-8-14(2)24-22(9-13)38-29(32-24)33-25(16-4-6-19(30)20(31)12-16)23(27(35)28(33)36)26(34)17-5-7-21-18(11-17)10-15(3)37-21/h4-9,11-12,15,25,34H,10H2,1-3H3/b26-23-. The van der Waals surface area contributed by atoms with E-state index in [1.807, 2.05) is 32.9 Å². The fourth-order valence-electron chi connectivity index (χ4n) is 5.21. The number of halogens is 2. The van der Waals surface area contributed by atoms with Crippen LogP contribution in [-0.2, 0) is 16.0 Å². The number of aryl methyl sites for hydroxylation is 2. The van der Waals surface area contributed by atoms with Gasteiger partial charge in [0.25, 0.3) is 5.78 Å². The summed E-state index contributed by atoms with van der Waals surface area (Å²) < 4.78 is 6.68. The van der Waals surface area contributed by atoms with Gasteiger partial charge in [0.1, 0.15) is 17.6 Å². The fraction of sp³-hybridized carbons (Fsp3) is 0.207. The zero-order chi connectivity index (χ0) is 26.9. The number of ether oxygens (including phenoxy) is 1. The van der Waals surface area contributed by atoms with Crippen molar-refractivity contribution in [1.82, 2.24) is 4.98 Å². The highest BCUT2D eigenvalue weighted by molar-refractivity contribution is 7.22. The van der Waals surface area contributed by atoms with Crippen molar-refractivity contribution in [3.05, 3.63) is 92.0 Å². The highest BCUT2D eigenvalue weighted by Crippen LogP contribution is 2.46. The molecule has 1 N–H and O–H groups in total. The quantitative estimate of drug-likeness (QED) is 0.162. The fourth-order valence-corrected chi connectivity index (χ4v) is 6.69. The van der Waals surface area contributed by atoms with Crippen LogP contribution in [0.2, 0.25) is 10.0 Å². The monoisotopic (exact) mass is 564 g/mol. The van der Waals surface area contributed by atoms with Gasteiger partial charge >= 0.3 is 5.91 Å². The summed E-state index contributed by atoms with van der Waals surface area (Å²) >= 11 is 13.9. The first-order valence-corrected chi connectivity index (χ1v) is 13.6. The van der Waals surface area contributed by atoms with Gasteiger partial charge in [-0.2, -0.15) is 0 Å². The van der Waals surface area contributed by atoms with Crippen LogP contribution in [0.3, 0.4) is 0 Å². The van der Waals surface area contributed by atoms with Gasteiger partial charge in [-0.05, 0) is 79.4 Å². The Hall–Kier alpha value is -3.39. The number of amides is 1. The lowest BCUT2D eigenvalue weighted by molar-refractivity contribution is -0.132. The molecule has 1 saturated heterocycles. The maximum absolute atomic E-state index is 13.6. The van der Waals surface area contributed by atoms with Crippen molar-refractivity contribution in [1.29, 1.82) is 0 Å². The van der Waals surface area contributed by atoms with E-state index in [0.717, 1.165) is 32.7 Å². The first kappa shape index (κ1) is 24.9. The van der Waals surface area contributed by atoms with Gasteiger partial charge in [-0.3, -0.25) is 14.5 Å². The van der Waals surface area contributed by atoms with Crippen LogP contribution in [0.4, 0.5) is 5.13 Å². The molecule has 6 nitrogen and oxygen atoms in total. The molecule has 0 saturated carbocycles. The van der Waals surface area contributed by atoms with Gasteiger partial charge in [0.15, 0.2) is 5.13 Å². The number of fused-ring (bicyclic) bond motifs is 2. The molecule has 3 aromatic carbocycles. The largest absolute Gasteiger partial charge is 0.507 e. The van der Waals surface area contributed by atoms with Crippen molar-refractivity contribution < 1.29 is 19.4 Å². The number of benzene rings is 3. The van der Waals surface area contributed by atoms with Gasteiger partial charge in [0, 0.05) is 12.0 Å². The van der Waals surface area contributed by atoms with E-state index in [1.165, 1.54) is 16.2 Å². The van der Waals surface area contributed by atoms with E-state index in [4.69, 9.17) is 32.9 Å². The number of Topliss-reactive ketones (excluding diaryl/α,β-unsaturated/α-hetero) is 1. The number of carbonyl (C=O) groups excluding carboxylic acids is 2. The molecule has 0 radical (unpaired) electrons. The van der Waals surface area contributed by atoms with Crippen molar-refractivity contribution in [2.24, 2.45) is 0 Å². The van der Waals surface area contributed by atoms with Gasteiger partial charge in [-0.1, -0.05) is 46.7 Å². The second-order valence-corrected chi connectivity index (χ2v) is 11.5. The number of aliphatic hydroxyl groups is 1. The third-order valence-electron chi connectivity index (χ3n) is 6.90. The molecule has 2 aliphatic rings. The van der Waals surface area contributed by atoms with E-state index in [2.05, 4.69) is 0 Å². The maximum Gasteiger partial charge on any atom is 0.301 e. The van der Waals surface area contributed by atoms with Crippen LogP contribution in [0.5, 0.6) is 5.75 Å². The van der Waals surface area contributed by atoms with Crippen molar-refractivity contribution in [2.45, 2.75) is 39.3 Å². The van der Waals surface area contributed by atoms with E-state index in [-0.39, 0.29) is 22.5 Å². The number of anilines is 1. The molecular formula is C29H22Cl2N2O4S. The van der Waals surface area contributed by atoms with Gasteiger partial charge in [-0.25, -0.2) is 4.98 Å². The molecule has 1 amide bonds. The zero-order valence-electron chi connectivity index (χ0n) is 20.7. The van der Waals surface area contributed by atoms with Gasteiger partial charge in [0.2, 0.25) is 0 Å². The molecule has 2 atom stereocenters. The third-order valence-corrected chi connectivity index (χ3v) is 8.64. The number of hydrogen-bond donors (Lipinski definition) is 1. The van der Waals surface area contributed by atoms with E-state index in [1.54, 1.807) is 36.4 Å². The third kappa shape index (κ3) is 3.97. The van der Waals surface area contributed by atoms with E-state index in [0.29, 0.717) is 27.7 Å². The summed E-state index contributed by atoms with van der Waals surface area (Å²) in [6.07, 6.45) is 0.709. The molecule has 1 fully saturated rings. The summed E-state index contributed by atoms with van der Waals surface area (Å²) in [7, 11) is 0. The van der Waals surface area contributed by atoms with E-state index >= 15 is 0 Å². The molecule has 2 unspecified atom stereocenters. The van der Waals surface area contributed by atoms with Gasteiger partial charge in [-0.15, -0.1) is 0 Å². The highest BCUT2D eigenvalue weighted by Gasteiger charge is 2.48. The van der Waals surface area contributed by atoms with Crippen LogP contribution in [-0.4, -0.2) is 27.9 Å². The number of aliphatic hydroxyl groups excluding tert-OH is 1. The topological polar surface area (TPSA) is 79.7 Å². The predicted molar refractivity (Wildman–Crippen MR) is 151 cm³/mol. The smallest absolute Gasteiger partial charge is 0.301 e. The summed E-state index contributed by atoms with van der Waals surface area (Å²) in [5, 5.41) is 12.5. The molecular weight excluding hydrogens is 543 g/mol. The number of nitrogens with zero attached hydrogens (tertiary/aromatic N) is 2. The van der Waals surface area contributed by atoms with Gasteiger partial charge in [0.05, 0.1) is 31.9 Å². The summed E-state index contributed by atoms with van der Waals surface area (Å²) in [4.78, 5) is 33.2. The molecule has 1 aromatic heterocycles. The minimum Gasteiger partial charge on any atom is -0.507 e. The molecule has 0 spiro atoms. The lowest BCUT2D eigenvalue weighted by Crippen LogP contribution is -2.29. The lowest BCUT2D eigenvalue weighted by Gasteiger charge is -2.23. The summed E-state index contributed by atoms with van der Waals surface area (Å²) in [6, 6.07) is 13.3. The summed E-state index contributed by atoms with van der Waals surface area (Å²) in [6.45, 7) is 5.93. The Bertz CT molecular complexity index is 1710. The number of ketones is 1. The van der Waals surface area contributed by atoms with Crippen molar-refractivity contribution >= 4 is 67.3 Å². The van der Waals surface area contributed by atoms with Crippen molar-refractivity contribution in [3.63, 3.8) is 0 Å². The minimum atomic E-state index is -0.949. The number of rotatable bonds is 3. The average molecular weight is 565 g/mol. The van der Waals surface area contributed by atoms with Crippen molar-refractivity contribution in [3.8, 4) is 5.75 Å². The Labute approximate surface area is 233 Å². The Balaban J connectivity index is 1.56. The molecule has 0 bridgehead atoms. The summed E-state index contributed by atoms with van der Waals surface area (Å²) in [5.74, 6) is -1.09. The lowest BCUT2D eigenvalue weighted by atomic mass is 9.94. The van der Waals surface area contributed by atoms with Gasteiger partial charge < -0.3 is 9.84 Å². The molecule has 0 aliphatic carbocycles. The van der Waals surface area contributed by atoms with E-state index < -0.39 is 17.7 Å². The van der Waals surface area contributed by atoms with Crippen LogP contribution in [0.25, 0.3) is 16.0 Å². The number of aromatic nitrogens is 1. The predicted octanol–water partition coefficient (Wildman–Crippen LogP) is 7.17. The van der Waals surface area contributed by atoms with Crippen LogP contribution in [0.1, 0.15) is 40.8 Å². The van der Waals surface area contributed by atoms with Crippen LogP contribution in [0.15, 0.2) is 54.1 Å². The Kier molecular flexibility index (Phi) is 5.98. The second kappa shape index (κ2) is 9.12. The number of hydrogen-bond acceptors (Lipinski definition) is 6. The normalized spacial score (nSPS) is 20.3. The molecule has 192 valence electrons. The van der Waals surface area contributed by atoms with Crippen molar-refractivity contribution in [2.75, 3.05) is 4.90 Å². The van der Waals surface area contributed by atoms with Crippen LogP contribution >= 0.6 is 34.5 Å². The maximum atomic E-state index is 13.6. The Morgan fingerprint density at radius 1 is 1.08 bits per heavy atom. The summed E-state index contributed by atoms with van der Waals surface area (Å²) in [5.41, 5.74) is 4.66. The molecule has 2 aliphatic heterocycles. The van der Waals surface area contributed by atoms with Crippen LogP contribution in [0, 0.1) is 13.8 Å². The van der Waals surface area contributed by atoms with E-state index in [9.17, 15) is 14.7 Å². The zero-order valence-corrected chi connectivity index (χ0v) is 23.0. The SMILES string of the molecule is Cc1cc(C)c2nc(N3C(=O)C(=O)/C(=C(\O)c4ccc5c(c4)CC(C)O5)C3c3ccc(Cl)c(Cl)c3)sc2c1. The van der Waals surface area contributed by atoms with Crippen LogP contribution < -0.4 is 9.64 Å². The molecule has 38 heavy (non-hydrogen) atoms. The molecule has 4 aromatic rings. The first-order chi connectivity index (χ1) is 18.1. The Morgan fingerprint density at radius 3 is 2.63 bits per heavy atom. The molecule has 9 heteroatoms. The highest BCUT2D eigenvalue weighted by atomic mass is 35.5. The number of thiazole rings is 1.